The van der Waals surface area contributed by atoms with Crippen LogP contribution < -0.4 is 4.72 Å². The van der Waals surface area contributed by atoms with E-state index in [9.17, 15) is 18.0 Å². The number of benzene rings is 1. The fraction of sp³-hybridized carbons (Fsp3) is 0.478. The van der Waals surface area contributed by atoms with Gasteiger partial charge >= 0.3 is 5.97 Å². The van der Waals surface area contributed by atoms with E-state index < -0.39 is 22.0 Å². The van der Waals surface area contributed by atoms with E-state index in [1.54, 1.807) is 11.8 Å². The van der Waals surface area contributed by atoms with Crippen molar-refractivity contribution in [2.75, 3.05) is 27.4 Å². The number of thiophene rings is 1. The molecule has 180 valence electrons. The Hall–Kier alpha value is -2.27. The molecule has 0 fully saturated rings. The van der Waals surface area contributed by atoms with Crippen molar-refractivity contribution in [3.05, 3.63) is 51.9 Å². The Morgan fingerprint density at radius 1 is 1.21 bits per heavy atom. The van der Waals surface area contributed by atoms with Crippen molar-refractivity contribution in [2.45, 2.75) is 49.4 Å². The van der Waals surface area contributed by atoms with Gasteiger partial charge in [-0.3, -0.25) is 4.79 Å². The Kier molecular flexibility index (Phi) is 8.63. The molecule has 33 heavy (non-hydrogen) atoms. The topological polar surface area (TPSA) is 102 Å². The zero-order valence-corrected chi connectivity index (χ0v) is 20.8. The van der Waals surface area contributed by atoms with Crippen LogP contribution in [0.2, 0.25) is 0 Å². The first-order valence-corrected chi connectivity index (χ1v) is 13.1. The number of esters is 1. The fourth-order valence-electron chi connectivity index (χ4n) is 3.94. The lowest BCUT2D eigenvalue weighted by Crippen LogP contribution is -2.36. The van der Waals surface area contributed by atoms with Crippen molar-refractivity contribution in [1.29, 1.82) is 0 Å². The molecule has 1 aliphatic heterocycles. The molecular formula is C23H30N2O6S2. The van der Waals surface area contributed by atoms with E-state index in [1.807, 2.05) is 30.3 Å². The first-order chi connectivity index (χ1) is 15.8. The number of hydrogen-bond donors (Lipinski definition) is 1. The standard InChI is InChI=1S/C23H30N2O6S2/c1-16(15-30-2)24-33(28,29)23-21(22(27)31-3)18-12-13-25(14-19(18)32-23)20(26)11-7-10-17-8-5-4-6-9-17/h4-6,8-9,16,24H,7,10-15H2,1-3H3/t16-/m0/s1. The zero-order valence-electron chi connectivity index (χ0n) is 19.1. The van der Waals surface area contributed by atoms with Crippen LogP contribution in [-0.2, 0) is 43.7 Å². The minimum atomic E-state index is -3.96. The lowest BCUT2D eigenvalue weighted by Gasteiger charge is -2.27. The Labute approximate surface area is 198 Å². The molecule has 2 heterocycles. The summed E-state index contributed by atoms with van der Waals surface area (Å²) in [5.74, 6) is -0.657. The number of ether oxygens (including phenoxy) is 2. The van der Waals surface area contributed by atoms with E-state index in [0.29, 0.717) is 29.8 Å². The maximum atomic E-state index is 13.0. The van der Waals surface area contributed by atoms with Crippen LogP contribution in [0.25, 0.3) is 0 Å². The van der Waals surface area contributed by atoms with Crippen LogP contribution in [0.3, 0.4) is 0 Å². The number of amides is 1. The molecule has 0 saturated heterocycles. The maximum Gasteiger partial charge on any atom is 0.340 e. The molecule has 2 aromatic rings. The van der Waals surface area contributed by atoms with Crippen LogP contribution in [-0.4, -0.2) is 58.6 Å². The van der Waals surface area contributed by atoms with Crippen molar-refractivity contribution in [1.82, 2.24) is 9.62 Å². The third-order valence-electron chi connectivity index (χ3n) is 5.48. The second-order valence-corrected chi connectivity index (χ2v) is 11.1. The van der Waals surface area contributed by atoms with Gasteiger partial charge < -0.3 is 14.4 Å². The number of nitrogens with one attached hydrogen (secondary N) is 1. The minimum Gasteiger partial charge on any atom is -0.465 e. The highest BCUT2D eigenvalue weighted by atomic mass is 32.2. The van der Waals surface area contributed by atoms with Gasteiger partial charge in [0.15, 0.2) is 0 Å². The van der Waals surface area contributed by atoms with Gasteiger partial charge in [-0.2, -0.15) is 0 Å². The Balaban J connectivity index is 1.75. The smallest absolute Gasteiger partial charge is 0.340 e. The summed E-state index contributed by atoms with van der Waals surface area (Å²) < 4.78 is 38.4. The summed E-state index contributed by atoms with van der Waals surface area (Å²) in [6.07, 6.45) is 2.39. The average Bonchev–Trinajstić information content (AvgIpc) is 3.19. The molecule has 3 rings (SSSR count). The molecule has 0 bridgehead atoms. The number of hydrogen-bond acceptors (Lipinski definition) is 7. The highest BCUT2D eigenvalue weighted by molar-refractivity contribution is 7.91. The summed E-state index contributed by atoms with van der Waals surface area (Å²) in [7, 11) is -1.24. The lowest BCUT2D eigenvalue weighted by atomic mass is 10.0. The molecule has 1 amide bonds. The molecule has 1 aliphatic rings. The number of methoxy groups -OCH3 is 2. The van der Waals surface area contributed by atoms with Crippen LogP contribution in [0.15, 0.2) is 34.5 Å². The number of fused-ring (bicyclic) bond motifs is 1. The molecule has 0 unspecified atom stereocenters. The number of nitrogens with zero attached hydrogens (tertiary/aromatic N) is 1. The van der Waals surface area contributed by atoms with Gasteiger partial charge in [-0.15, -0.1) is 11.3 Å². The highest BCUT2D eigenvalue weighted by Gasteiger charge is 2.35. The van der Waals surface area contributed by atoms with Crippen molar-refractivity contribution in [3.8, 4) is 0 Å². The van der Waals surface area contributed by atoms with E-state index in [4.69, 9.17) is 9.47 Å². The molecule has 0 radical (unpaired) electrons. The van der Waals surface area contributed by atoms with Gasteiger partial charge in [-0.25, -0.2) is 17.9 Å². The summed E-state index contributed by atoms with van der Waals surface area (Å²) in [5.41, 5.74) is 1.92. The first kappa shape index (κ1) is 25.4. The number of carbonyl (C=O) groups excluding carboxylic acids is 2. The van der Waals surface area contributed by atoms with E-state index in [2.05, 4.69) is 4.72 Å². The molecule has 0 aliphatic carbocycles. The van der Waals surface area contributed by atoms with Gasteiger partial charge in [-0.1, -0.05) is 30.3 Å². The van der Waals surface area contributed by atoms with Crippen LogP contribution >= 0.6 is 11.3 Å². The van der Waals surface area contributed by atoms with E-state index in [-0.39, 0.29) is 28.8 Å². The number of aryl methyl sites for hydroxylation is 1. The lowest BCUT2D eigenvalue weighted by molar-refractivity contribution is -0.132. The summed E-state index contributed by atoms with van der Waals surface area (Å²) >= 11 is 1.03. The zero-order chi connectivity index (χ0) is 24.0. The van der Waals surface area contributed by atoms with Crippen molar-refractivity contribution in [2.24, 2.45) is 0 Å². The Morgan fingerprint density at radius 2 is 1.94 bits per heavy atom. The molecule has 1 aromatic heterocycles. The van der Waals surface area contributed by atoms with Crippen LogP contribution in [0.1, 0.15) is 46.1 Å². The van der Waals surface area contributed by atoms with Gasteiger partial charge in [0.05, 0.1) is 25.8 Å². The van der Waals surface area contributed by atoms with Gasteiger partial charge in [0.2, 0.25) is 5.91 Å². The van der Waals surface area contributed by atoms with Gasteiger partial charge in [0.1, 0.15) is 4.21 Å². The van der Waals surface area contributed by atoms with Gasteiger partial charge in [0.25, 0.3) is 10.0 Å². The van der Waals surface area contributed by atoms with E-state index in [0.717, 1.165) is 24.2 Å². The number of rotatable bonds is 10. The summed E-state index contributed by atoms with van der Waals surface area (Å²) in [5, 5.41) is 0. The molecular weight excluding hydrogens is 464 g/mol. The second-order valence-electron chi connectivity index (χ2n) is 8.04. The van der Waals surface area contributed by atoms with Crippen molar-refractivity contribution in [3.63, 3.8) is 0 Å². The molecule has 1 atom stereocenters. The third kappa shape index (κ3) is 6.20. The van der Waals surface area contributed by atoms with Gasteiger partial charge in [0, 0.05) is 31.0 Å². The Bertz CT molecular complexity index is 1080. The van der Waals surface area contributed by atoms with E-state index >= 15 is 0 Å². The largest absolute Gasteiger partial charge is 0.465 e. The van der Waals surface area contributed by atoms with Crippen molar-refractivity contribution >= 4 is 33.2 Å². The SMILES string of the molecule is COC[C@H](C)NS(=O)(=O)c1sc2c(c1C(=O)OC)CCN(C(=O)CCCc1ccccc1)C2. The van der Waals surface area contributed by atoms with Crippen molar-refractivity contribution < 1.29 is 27.5 Å². The van der Waals surface area contributed by atoms with Gasteiger partial charge in [-0.05, 0) is 37.3 Å². The molecule has 0 saturated carbocycles. The molecule has 8 nitrogen and oxygen atoms in total. The highest BCUT2D eigenvalue weighted by Crippen LogP contribution is 2.37. The summed E-state index contributed by atoms with van der Waals surface area (Å²) in [4.78, 5) is 27.7. The fourth-order valence-corrected chi connectivity index (χ4v) is 7.08. The predicted molar refractivity (Wildman–Crippen MR) is 126 cm³/mol. The van der Waals surface area contributed by atoms with Crippen LogP contribution in [0, 0.1) is 0 Å². The van der Waals surface area contributed by atoms with E-state index in [1.165, 1.54) is 19.8 Å². The molecule has 0 spiro atoms. The maximum absolute atomic E-state index is 13.0. The third-order valence-corrected chi connectivity index (χ3v) is 8.81. The molecule has 1 N–H and O–H groups in total. The average molecular weight is 495 g/mol. The second kappa shape index (κ2) is 11.2. The normalized spacial score (nSPS) is 14.6. The van der Waals surface area contributed by atoms with Crippen LogP contribution in [0.5, 0.6) is 0 Å². The predicted octanol–water partition coefficient (Wildman–Crippen LogP) is 2.76. The number of sulfonamides is 1. The Morgan fingerprint density at radius 3 is 2.61 bits per heavy atom. The minimum absolute atomic E-state index is 0.0286. The molecule has 10 heteroatoms. The monoisotopic (exact) mass is 494 g/mol. The number of carbonyl (C=O) groups is 2. The first-order valence-electron chi connectivity index (χ1n) is 10.8. The quantitative estimate of drug-likeness (QED) is 0.510. The summed E-state index contributed by atoms with van der Waals surface area (Å²) in [6, 6.07) is 9.55. The molecule has 1 aromatic carbocycles. The van der Waals surface area contributed by atoms with Crippen LogP contribution in [0.4, 0.5) is 0 Å². The summed E-state index contributed by atoms with van der Waals surface area (Å²) in [6.45, 7) is 2.60.